The van der Waals surface area contributed by atoms with Crippen molar-refractivity contribution in [2.45, 2.75) is 13.0 Å². The van der Waals surface area contributed by atoms with Gasteiger partial charge in [0.05, 0.1) is 21.7 Å². The predicted molar refractivity (Wildman–Crippen MR) is 102 cm³/mol. The van der Waals surface area contributed by atoms with Crippen molar-refractivity contribution >= 4 is 28.9 Å². The van der Waals surface area contributed by atoms with Crippen LogP contribution in [0.25, 0.3) is 0 Å². The van der Waals surface area contributed by atoms with Crippen LogP contribution in [0.3, 0.4) is 0 Å². The van der Waals surface area contributed by atoms with Crippen LogP contribution < -0.4 is 10.2 Å². The maximum Gasteiger partial charge on any atom is 0.339 e. The topological polar surface area (TPSA) is 126 Å². The van der Waals surface area contributed by atoms with E-state index in [0.29, 0.717) is 11.4 Å². The van der Waals surface area contributed by atoms with Gasteiger partial charge in [-0.1, -0.05) is 12.1 Å². The highest BCUT2D eigenvalue weighted by Crippen LogP contribution is 2.28. The van der Waals surface area contributed by atoms with Gasteiger partial charge in [0.2, 0.25) is 0 Å². The van der Waals surface area contributed by atoms with Crippen molar-refractivity contribution in [2.24, 2.45) is 0 Å². The van der Waals surface area contributed by atoms with Gasteiger partial charge in [0.25, 0.3) is 11.6 Å². The summed E-state index contributed by atoms with van der Waals surface area (Å²) in [6.45, 7) is 1.37. The number of amides is 1. The van der Waals surface area contributed by atoms with E-state index in [1.165, 1.54) is 25.1 Å². The van der Waals surface area contributed by atoms with Gasteiger partial charge in [-0.05, 0) is 31.2 Å². The normalized spacial score (nSPS) is 11.1. The fourth-order valence-electron chi connectivity index (χ4n) is 2.38. The van der Waals surface area contributed by atoms with Crippen molar-refractivity contribution in [3.63, 3.8) is 0 Å². The summed E-state index contributed by atoms with van der Waals surface area (Å²) in [5, 5.41) is 22.8. The fourth-order valence-corrected chi connectivity index (χ4v) is 2.38. The Balaban J connectivity index is 2.13. The first kappa shape index (κ1) is 20.4. The van der Waals surface area contributed by atoms with E-state index in [1.54, 1.807) is 37.2 Å². The fraction of sp³-hybridized carbons (Fsp3) is 0.211. The molecule has 1 N–H and O–H groups in total. The number of nitro benzene ring substituents is 1. The number of anilines is 2. The molecule has 144 valence electrons. The largest absolute Gasteiger partial charge is 0.449 e. The van der Waals surface area contributed by atoms with E-state index in [1.807, 2.05) is 6.07 Å². The number of benzene rings is 2. The highest BCUT2D eigenvalue weighted by molar-refractivity contribution is 5.98. The Hall–Kier alpha value is -3.93. The van der Waals surface area contributed by atoms with Crippen LogP contribution in [-0.2, 0) is 9.53 Å². The number of hydrogen-bond acceptors (Lipinski definition) is 7. The second kappa shape index (κ2) is 8.64. The van der Waals surface area contributed by atoms with Gasteiger partial charge in [-0.15, -0.1) is 0 Å². The molecule has 0 aliphatic heterocycles. The number of carbonyl (C=O) groups is 2. The maximum absolute atomic E-state index is 12.3. The third kappa shape index (κ3) is 4.62. The van der Waals surface area contributed by atoms with Crippen molar-refractivity contribution in [1.29, 1.82) is 5.26 Å². The first-order valence-corrected chi connectivity index (χ1v) is 8.21. The molecule has 0 saturated carbocycles. The Kier molecular flexibility index (Phi) is 6.29. The highest BCUT2D eigenvalue weighted by atomic mass is 16.6. The molecule has 1 amide bonds. The third-order valence-electron chi connectivity index (χ3n) is 3.85. The highest BCUT2D eigenvalue weighted by Gasteiger charge is 2.23. The van der Waals surface area contributed by atoms with Crippen molar-refractivity contribution < 1.29 is 19.2 Å². The molecule has 2 rings (SSSR count). The molecular weight excluding hydrogens is 364 g/mol. The zero-order valence-corrected chi connectivity index (χ0v) is 15.5. The molecule has 0 radical (unpaired) electrons. The van der Waals surface area contributed by atoms with E-state index in [2.05, 4.69) is 5.32 Å². The molecule has 0 aliphatic rings. The summed E-state index contributed by atoms with van der Waals surface area (Å²) in [4.78, 5) is 36.7. The number of rotatable bonds is 6. The molecule has 9 nitrogen and oxygen atoms in total. The molecule has 2 aromatic rings. The molecule has 28 heavy (non-hydrogen) atoms. The molecule has 1 atom stereocenters. The average molecular weight is 382 g/mol. The number of hydrogen-bond donors (Lipinski definition) is 1. The van der Waals surface area contributed by atoms with Gasteiger partial charge in [-0.3, -0.25) is 14.9 Å². The van der Waals surface area contributed by atoms with Gasteiger partial charge in [0, 0.05) is 20.2 Å². The first-order valence-electron chi connectivity index (χ1n) is 8.21. The lowest BCUT2D eigenvalue weighted by Crippen LogP contribution is -2.30. The van der Waals surface area contributed by atoms with E-state index >= 15 is 0 Å². The number of nitrogens with zero attached hydrogens (tertiary/aromatic N) is 3. The third-order valence-corrected chi connectivity index (χ3v) is 3.85. The van der Waals surface area contributed by atoms with E-state index in [0.717, 1.165) is 6.07 Å². The second-order valence-corrected chi connectivity index (χ2v) is 6.05. The average Bonchev–Trinajstić information content (AvgIpc) is 2.67. The van der Waals surface area contributed by atoms with Crippen molar-refractivity contribution in [2.75, 3.05) is 24.3 Å². The summed E-state index contributed by atoms with van der Waals surface area (Å²) in [6.07, 6.45) is -1.17. The molecule has 0 heterocycles. The minimum Gasteiger partial charge on any atom is -0.449 e. The molecule has 2 aromatic carbocycles. The van der Waals surface area contributed by atoms with Crippen LogP contribution in [0.15, 0.2) is 42.5 Å². The summed E-state index contributed by atoms with van der Waals surface area (Å²) in [5.74, 6) is -1.50. The van der Waals surface area contributed by atoms with Crippen LogP contribution in [0, 0.1) is 21.4 Å². The molecule has 0 fully saturated rings. The molecular formula is C19H18N4O5. The van der Waals surface area contributed by atoms with E-state index < -0.39 is 22.9 Å². The lowest BCUT2D eigenvalue weighted by molar-refractivity contribution is -0.384. The molecule has 0 saturated heterocycles. The van der Waals surface area contributed by atoms with Gasteiger partial charge in [0.1, 0.15) is 11.8 Å². The molecule has 0 unspecified atom stereocenters. The Bertz CT molecular complexity index is 965. The number of para-hydroxylation sites is 1. The van der Waals surface area contributed by atoms with Crippen LogP contribution in [0.5, 0.6) is 0 Å². The minimum absolute atomic E-state index is 0.0469. The van der Waals surface area contributed by atoms with Crippen LogP contribution in [0.4, 0.5) is 17.1 Å². The Labute approximate surface area is 161 Å². The summed E-state index contributed by atoms with van der Waals surface area (Å²) in [5.41, 5.74) is 0.600. The van der Waals surface area contributed by atoms with Gasteiger partial charge >= 0.3 is 5.97 Å². The molecule has 0 bridgehead atoms. The lowest BCUT2D eigenvalue weighted by atomic mass is 10.1. The number of nitro groups is 1. The number of esters is 1. The summed E-state index contributed by atoms with van der Waals surface area (Å²) in [6, 6.07) is 12.3. The second-order valence-electron chi connectivity index (χ2n) is 6.05. The predicted octanol–water partition coefficient (Wildman–Crippen LogP) is 2.72. The molecule has 9 heteroatoms. The van der Waals surface area contributed by atoms with Crippen molar-refractivity contribution in [3.05, 3.63) is 63.7 Å². The van der Waals surface area contributed by atoms with Crippen LogP contribution in [-0.4, -0.2) is 37.0 Å². The van der Waals surface area contributed by atoms with Crippen LogP contribution in [0.1, 0.15) is 22.8 Å². The van der Waals surface area contributed by atoms with E-state index in [9.17, 15) is 19.7 Å². The van der Waals surface area contributed by atoms with E-state index in [4.69, 9.17) is 10.00 Å². The minimum atomic E-state index is -1.17. The number of carbonyl (C=O) groups excluding carboxylic acids is 2. The quantitative estimate of drug-likeness (QED) is 0.462. The molecule has 0 aromatic heterocycles. The smallest absolute Gasteiger partial charge is 0.339 e. The number of nitriles is 1. The lowest BCUT2D eigenvalue weighted by Gasteiger charge is -2.15. The Morgan fingerprint density at radius 1 is 1.25 bits per heavy atom. The summed E-state index contributed by atoms with van der Waals surface area (Å²) >= 11 is 0. The zero-order valence-electron chi connectivity index (χ0n) is 15.5. The number of nitrogens with one attached hydrogen (secondary N) is 1. The van der Waals surface area contributed by atoms with Gasteiger partial charge < -0.3 is 15.0 Å². The van der Waals surface area contributed by atoms with Crippen LogP contribution >= 0.6 is 0 Å². The molecule has 0 aliphatic carbocycles. The first-order chi connectivity index (χ1) is 13.2. The van der Waals surface area contributed by atoms with Crippen molar-refractivity contribution in [3.8, 4) is 6.07 Å². The monoisotopic (exact) mass is 382 g/mol. The summed E-state index contributed by atoms with van der Waals surface area (Å²) in [7, 11) is 3.29. The zero-order chi connectivity index (χ0) is 20.8. The Morgan fingerprint density at radius 3 is 2.54 bits per heavy atom. The van der Waals surface area contributed by atoms with E-state index in [-0.39, 0.29) is 16.8 Å². The van der Waals surface area contributed by atoms with Crippen LogP contribution in [0.2, 0.25) is 0 Å². The van der Waals surface area contributed by atoms with Gasteiger partial charge in [0.15, 0.2) is 6.10 Å². The number of ether oxygens (including phenoxy) is 1. The van der Waals surface area contributed by atoms with Gasteiger partial charge in [-0.2, -0.15) is 5.26 Å². The standard InChI is InChI=1S/C19H18N4O5/c1-12(18(24)21-15-7-5-4-6-14(15)11-20)28-19(25)13-8-9-16(22(2)3)17(10-13)23(26)27/h4-10,12H,1-3H3,(H,21,24)/t12-/m1/s1. The molecule has 0 spiro atoms. The summed E-state index contributed by atoms with van der Waals surface area (Å²) < 4.78 is 5.11. The maximum atomic E-state index is 12.3. The Morgan fingerprint density at radius 2 is 1.93 bits per heavy atom. The van der Waals surface area contributed by atoms with Crippen molar-refractivity contribution in [1.82, 2.24) is 0 Å². The SMILES string of the molecule is C[C@@H](OC(=O)c1ccc(N(C)C)c([N+](=O)[O-])c1)C(=O)Nc1ccccc1C#N. The van der Waals surface area contributed by atoms with Gasteiger partial charge in [-0.25, -0.2) is 4.79 Å².